The molecule has 1 N–H and O–H groups in total. The lowest BCUT2D eigenvalue weighted by atomic mass is 10.0. The minimum atomic E-state index is -0.324. The van der Waals surface area contributed by atoms with Crippen molar-refractivity contribution in [2.75, 3.05) is 24.3 Å². The molecule has 3 aromatic carbocycles. The Labute approximate surface area is 165 Å². The third kappa shape index (κ3) is 4.86. The molecule has 0 aliphatic rings. The number of hydrogen-bond donors (Lipinski definition) is 1. The lowest BCUT2D eigenvalue weighted by Gasteiger charge is -2.20. The molecule has 0 radical (unpaired) electrons. The lowest BCUT2D eigenvalue weighted by Crippen LogP contribution is -2.16. The van der Waals surface area contributed by atoms with Gasteiger partial charge in [0.15, 0.2) is 0 Å². The van der Waals surface area contributed by atoms with Crippen molar-refractivity contribution in [1.82, 2.24) is 0 Å². The van der Waals surface area contributed by atoms with Crippen LogP contribution in [0, 0.1) is 5.82 Å². The van der Waals surface area contributed by atoms with E-state index in [0.717, 1.165) is 28.1 Å². The maximum Gasteiger partial charge on any atom is 0.142 e. The second-order valence-electron chi connectivity index (χ2n) is 6.62. The summed E-state index contributed by atoms with van der Waals surface area (Å²) < 4.78 is 13.9. The van der Waals surface area contributed by atoms with E-state index < -0.39 is 0 Å². The fraction of sp³-hybridized carbons (Fsp3) is 0.125. The molecule has 0 fully saturated rings. The standard InChI is InChI=1S/C24H23FN2O/c1-26-23-11-9-21(10-12-23)20-7-5-18(6-8-20)17-27(2)24-15-19(4-3-13-28)14-22(25)16-24/h3-16,26H,17H2,1-2H3/b4-3+. The highest BCUT2D eigenvalue weighted by Crippen LogP contribution is 2.24. The number of carbonyl (C=O) groups excluding carboxylic acids is 1. The van der Waals surface area contributed by atoms with Gasteiger partial charge in [-0.2, -0.15) is 0 Å². The van der Waals surface area contributed by atoms with Crippen LogP contribution in [-0.4, -0.2) is 20.4 Å². The van der Waals surface area contributed by atoms with Gasteiger partial charge in [0.2, 0.25) is 0 Å². The van der Waals surface area contributed by atoms with E-state index in [0.29, 0.717) is 18.4 Å². The smallest absolute Gasteiger partial charge is 0.142 e. The van der Waals surface area contributed by atoms with Crippen LogP contribution in [0.5, 0.6) is 0 Å². The van der Waals surface area contributed by atoms with Gasteiger partial charge >= 0.3 is 0 Å². The summed E-state index contributed by atoms with van der Waals surface area (Å²) in [6.07, 6.45) is 3.64. The summed E-state index contributed by atoms with van der Waals surface area (Å²) in [5.41, 5.74) is 5.95. The van der Waals surface area contributed by atoms with Crippen molar-refractivity contribution in [2.45, 2.75) is 6.54 Å². The molecule has 0 bridgehead atoms. The van der Waals surface area contributed by atoms with E-state index >= 15 is 0 Å². The number of hydrogen-bond acceptors (Lipinski definition) is 3. The number of allylic oxidation sites excluding steroid dienone is 1. The summed E-state index contributed by atoms with van der Waals surface area (Å²) >= 11 is 0. The number of nitrogens with one attached hydrogen (secondary N) is 1. The van der Waals surface area contributed by atoms with Gasteiger partial charge < -0.3 is 10.2 Å². The van der Waals surface area contributed by atoms with Crippen LogP contribution in [0.2, 0.25) is 0 Å². The van der Waals surface area contributed by atoms with Crippen LogP contribution in [0.15, 0.2) is 72.8 Å². The van der Waals surface area contributed by atoms with Gasteiger partial charge in [-0.05, 0) is 58.7 Å². The Bertz CT molecular complexity index is 963. The van der Waals surface area contributed by atoms with Crippen LogP contribution in [0.3, 0.4) is 0 Å². The molecule has 0 heterocycles. The Morgan fingerprint density at radius 2 is 1.61 bits per heavy atom. The van der Waals surface area contributed by atoms with E-state index in [-0.39, 0.29) is 5.82 Å². The van der Waals surface area contributed by atoms with Crippen molar-refractivity contribution >= 4 is 23.7 Å². The normalized spacial score (nSPS) is 10.8. The summed E-state index contributed by atoms with van der Waals surface area (Å²) in [4.78, 5) is 12.5. The first-order valence-corrected chi connectivity index (χ1v) is 9.10. The Kier molecular flexibility index (Phi) is 6.22. The minimum absolute atomic E-state index is 0.324. The third-order valence-electron chi connectivity index (χ3n) is 4.59. The quantitative estimate of drug-likeness (QED) is 0.445. The van der Waals surface area contributed by atoms with Crippen LogP contribution in [0.1, 0.15) is 11.1 Å². The molecule has 0 aromatic heterocycles. The molecule has 3 nitrogen and oxygen atoms in total. The zero-order valence-electron chi connectivity index (χ0n) is 16.0. The van der Waals surface area contributed by atoms with Gasteiger partial charge in [0, 0.05) is 32.0 Å². The molecule has 0 amide bonds. The van der Waals surface area contributed by atoms with Crippen LogP contribution in [-0.2, 0) is 11.3 Å². The molecule has 4 heteroatoms. The summed E-state index contributed by atoms with van der Waals surface area (Å²) in [6, 6.07) is 21.4. The lowest BCUT2D eigenvalue weighted by molar-refractivity contribution is -0.104. The topological polar surface area (TPSA) is 32.3 Å². The van der Waals surface area contributed by atoms with E-state index in [2.05, 4.69) is 53.8 Å². The Morgan fingerprint density at radius 1 is 0.964 bits per heavy atom. The zero-order valence-corrected chi connectivity index (χ0v) is 16.0. The first-order valence-electron chi connectivity index (χ1n) is 9.10. The summed E-state index contributed by atoms with van der Waals surface area (Å²) in [6.45, 7) is 0.652. The average molecular weight is 374 g/mol. The predicted octanol–water partition coefficient (Wildman–Crippen LogP) is 5.38. The maximum absolute atomic E-state index is 13.9. The number of halogens is 1. The van der Waals surface area contributed by atoms with Crippen molar-refractivity contribution < 1.29 is 9.18 Å². The molecule has 0 saturated heterocycles. The largest absolute Gasteiger partial charge is 0.388 e. The predicted molar refractivity (Wildman–Crippen MR) is 115 cm³/mol. The van der Waals surface area contributed by atoms with E-state index in [9.17, 15) is 9.18 Å². The fourth-order valence-corrected chi connectivity index (χ4v) is 3.06. The monoisotopic (exact) mass is 374 g/mol. The van der Waals surface area contributed by atoms with Gasteiger partial charge in [0.05, 0.1) is 0 Å². The van der Waals surface area contributed by atoms with Crippen molar-refractivity contribution in [2.24, 2.45) is 0 Å². The maximum atomic E-state index is 13.9. The second-order valence-corrected chi connectivity index (χ2v) is 6.62. The molecule has 0 aliphatic carbocycles. The van der Waals surface area contributed by atoms with Gasteiger partial charge in [-0.3, -0.25) is 4.79 Å². The van der Waals surface area contributed by atoms with Gasteiger partial charge in [-0.1, -0.05) is 42.5 Å². The number of rotatable bonds is 7. The molecule has 142 valence electrons. The Morgan fingerprint density at radius 3 is 2.21 bits per heavy atom. The highest BCUT2D eigenvalue weighted by atomic mass is 19.1. The average Bonchev–Trinajstić information content (AvgIpc) is 2.72. The highest BCUT2D eigenvalue weighted by molar-refractivity contribution is 5.74. The first-order chi connectivity index (χ1) is 13.6. The molecule has 3 rings (SSSR count). The highest BCUT2D eigenvalue weighted by Gasteiger charge is 2.06. The SMILES string of the molecule is CNc1ccc(-c2ccc(CN(C)c3cc(F)cc(/C=C/C=O)c3)cc2)cc1. The van der Waals surface area contributed by atoms with Crippen LogP contribution >= 0.6 is 0 Å². The molecule has 0 unspecified atom stereocenters. The molecule has 0 atom stereocenters. The van der Waals surface area contributed by atoms with E-state index in [1.165, 1.54) is 18.2 Å². The van der Waals surface area contributed by atoms with E-state index in [1.807, 2.05) is 25.1 Å². The zero-order chi connectivity index (χ0) is 19.9. The van der Waals surface area contributed by atoms with Gasteiger partial charge in [0.1, 0.15) is 12.1 Å². The molecular formula is C24H23FN2O. The Hall–Kier alpha value is -3.40. The van der Waals surface area contributed by atoms with Crippen molar-refractivity contribution in [3.8, 4) is 11.1 Å². The second kappa shape index (κ2) is 9.00. The number of anilines is 2. The van der Waals surface area contributed by atoms with E-state index in [1.54, 1.807) is 6.08 Å². The number of benzene rings is 3. The van der Waals surface area contributed by atoms with Gasteiger partial charge in [-0.15, -0.1) is 0 Å². The van der Waals surface area contributed by atoms with Crippen molar-refractivity contribution in [3.05, 3.63) is 89.8 Å². The summed E-state index contributed by atoms with van der Waals surface area (Å²) in [5.74, 6) is -0.324. The summed E-state index contributed by atoms with van der Waals surface area (Å²) in [5, 5.41) is 3.12. The van der Waals surface area contributed by atoms with Crippen molar-refractivity contribution in [3.63, 3.8) is 0 Å². The molecule has 0 spiro atoms. The van der Waals surface area contributed by atoms with E-state index in [4.69, 9.17) is 0 Å². The fourth-order valence-electron chi connectivity index (χ4n) is 3.06. The molecule has 3 aromatic rings. The van der Waals surface area contributed by atoms with Crippen LogP contribution in [0.4, 0.5) is 15.8 Å². The summed E-state index contributed by atoms with van der Waals surface area (Å²) in [7, 11) is 3.83. The van der Waals surface area contributed by atoms with Crippen LogP contribution in [0.25, 0.3) is 17.2 Å². The van der Waals surface area contributed by atoms with Crippen LogP contribution < -0.4 is 10.2 Å². The Balaban J connectivity index is 1.73. The molecule has 0 aliphatic heterocycles. The number of nitrogens with zero attached hydrogens (tertiary/aromatic N) is 1. The molecular weight excluding hydrogens is 351 g/mol. The van der Waals surface area contributed by atoms with Gasteiger partial charge in [0.25, 0.3) is 0 Å². The number of carbonyl (C=O) groups is 1. The minimum Gasteiger partial charge on any atom is -0.388 e. The third-order valence-corrected chi connectivity index (χ3v) is 4.59. The van der Waals surface area contributed by atoms with Crippen molar-refractivity contribution in [1.29, 1.82) is 0 Å². The first kappa shape index (κ1) is 19.4. The van der Waals surface area contributed by atoms with Gasteiger partial charge in [-0.25, -0.2) is 4.39 Å². The number of aldehydes is 1. The molecule has 28 heavy (non-hydrogen) atoms. The molecule has 0 saturated carbocycles.